The number of benzene rings is 1. The number of likely N-dealkylation sites (tertiary alicyclic amines) is 2. The minimum absolute atomic E-state index is 0.0293. The van der Waals surface area contributed by atoms with Crippen molar-refractivity contribution in [2.45, 2.75) is 44.4 Å². The fourth-order valence-electron chi connectivity index (χ4n) is 4.10. The molecule has 0 spiro atoms. The van der Waals surface area contributed by atoms with E-state index in [0.29, 0.717) is 16.5 Å². The van der Waals surface area contributed by atoms with Gasteiger partial charge in [0, 0.05) is 32.7 Å². The van der Waals surface area contributed by atoms with E-state index in [4.69, 9.17) is 9.15 Å². The van der Waals surface area contributed by atoms with Gasteiger partial charge in [-0.3, -0.25) is 9.69 Å². The lowest BCUT2D eigenvalue weighted by Gasteiger charge is -2.37. The molecule has 3 heterocycles. The van der Waals surface area contributed by atoms with Crippen LogP contribution in [0.25, 0.3) is 0 Å². The van der Waals surface area contributed by atoms with Crippen molar-refractivity contribution in [1.82, 2.24) is 9.80 Å². The van der Waals surface area contributed by atoms with Gasteiger partial charge in [0.05, 0.1) is 12.2 Å². The van der Waals surface area contributed by atoms with E-state index in [1.165, 1.54) is 5.56 Å². The minimum atomic E-state index is -0.0293. The number of halogens is 1. The molecule has 2 aliphatic heterocycles. The Kier molecular flexibility index (Phi) is 6.50. The van der Waals surface area contributed by atoms with Crippen molar-refractivity contribution in [2.24, 2.45) is 0 Å². The average molecular weight is 447 g/mol. The summed E-state index contributed by atoms with van der Waals surface area (Å²) in [7, 11) is 0. The maximum absolute atomic E-state index is 12.5. The summed E-state index contributed by atoms with van der Waals surface area (Å²) in [6.45, 7) is 4.66. The Hall–Kier alpha value is -1.63. The van der Waals surface area contributed by atoms with Crippen LogP contribution in [0.4, 0.5) is 0 Å². The van der Waals surface area contributed by atoms with E-state index in [9.17, 15) is 4.79 Å². The summed E-state index contributed by atoms with van der Waals surface area (Å²) in [5, 5.41) is 0. The van der Waals surface area contributed by atoms with E-state index in [-0.39, 0.29) is 12.0 Å². The fraction of sp³-hybridized carbons (Fsp3) is 0.500. The molecule has 2 aromatic rings. The Morgan fingerprint density at radius 2 is 1.61 bits per heavy atom. The fourth-order valence-corrected chi connectivity index (χ4v) is 4.40. The second-order valence-corrected chi connectivity index (χ2v) is 8.47. The van der Waals surface area contributed by atoms with E-state index < -0.39 is 0 Å². The molecule has 2 aliphatic rings. The molecule has 0 saturated carbocycles. The molecular formula is C22H27BrN2O3. The largest absolute Gasteiger partial charge is 0.444 e. The van der Waals surface area contributed by atoms with Gasteiger partial charge in [-0.25, -0.2) is 0 Å². The van der Waals surface area contributed by atoms with Crippen molar-refractivity contribution in [3.63, 3.8) is 0 Å². The zero-order valence-corrected chi connectivity index (χ0v) is 17.6. The van der Waals surface area contributed by atoms with Crippen LogP contribution in [-0.4, -0.2) is 54.1 Å². The molecule has 0 atom stereocenters. The number of furan rings is 1. The smallest absolute Gasteiger partial charge is 0.289 e. The number of carbonyl (C=O) groups is 1. The number of ether oxygens (including phenoxy) is 1. The van der Waals surface area contributed by atoms with Gasteiger partial charge in [0.2, 0.25) is 0 Å². The maximum atomic E-state index is 12.5. The van der Waals surface area contributed by atoms with Gasteiger partial charge in [0.25, 0.3) is 5.91 Å². The van der Waals surface area contributed by atoms with Crippen LogP contribution in [0.2, 0.25) is 0 Å². The molecule has 2 saturated heterocycles. The first kappa shape index (κ1) is 19.7. The summed E-state index contributed by atoms with van der Waals surface area (Å²) in [6.07, 6.45) is 4.59. The molecule has 0 bridgehead atoms. The number of piperidine rings is 2. The van der Waals surface area contributed by atoms with Crippen molar-refractivity contribution >= 4 is 21.8 Å². The summed E-state index contributed by atoms with van der Waals surface area (Å²) in [4.78, 5) is 16.8. The predicted octanol–water partition coefficient (Wildman–Crippen LogP) is 4.33. The third kappa shape index (κ3) is 5.04. The normalized spacial score (nSPS) is 19.8. The van der Waals surface area contributed by atoms with Crippen molar-refractivity contribution in [3.05, 3.63) is 58.5 Å². The number of rotatable bonds is 5. The first-order valence-electron chi connectivity index (χ1n) is 10.1. The van der Waals surface area contributed by atoms with Gasteiger partial charge in [-0.2, -0.15) is 0 Å². The lowest BCUT2D eigenvalue weighted by atomic mass is 10.0. The molecule has 5 nitrogen and oxygen atoms in total. The Morgan fingerprint density at radius 3 is 2.21 bits per heavy atom. The molecular weight excluding hydrogens is 420 g/mol. The summed E-state index contributed by atoms with van der Waals surface area (Å²) < 4.78 is 12.4. The van der Waals surface area contributed by atoms with Crippen LogP contribution >= 0.6 is 15.9 Å². The molecule has 28 heavy (non-hydrogen) atoms. The summed E-state index contributed by atoms with van der Waals surface area (Å²) >= 11 is 3.25. The third-order valence-electron chi connectivity index (χ3n) is 5.68. The van der Waals surface area contributed by atoms with E-state index >= 15 is 0 Å². The maximum Gasteiger partial charge on any atom is 0.289 e. The van der Waals surface area contributed by atoms with Crippen LogP contribution in [-0.2, 0) is 11.3 Å². The molecule has 0 unspecified atom stereocenters. The summed E-state index contributed by atoms with van der Waals surface area (Å²) in [6, 6.07) is 14.1. The second kappa shape index (κ2) is 9.25. The molecule has 2 fully saturated rings. The van der Waals surface area contributed by atoms with Crippen molar-refractivity contribution in [2.75, 3.05) is 26.2 Å². The highest BCUT2D eigenvalue weighted by Crippen LogP contribution is 2.23. The van der Waals surface area contributed by atoms with E-state index in [2.05, 4.69) is 51.2 Å². The summed E-state index contributed by atoms with van der Waals surface area (Å²) in [5.74, 6) is 0.371. The molecule has 0 radical (unpaired) electrons. The molecule has 1 aromatic carbocycles. The van der Waals surface area contributed by atoms with E-state index in [1.807, 2.05) is 4.90 Å². The zero-order chi connectivity index (χ0) is 19.3. The molecule has 4 rings (SSSR count). The number of carbonyl (C=O) groups excluding carboxylic acids is 1. The molecule has 1 aromatic heterocycles. The van der Waals surface area contributed by atoms with Crippen LogP contribution < -0.4 is 0 Å². The predicted molar refractivity (Wildman–Crippen MR) is 111 cm³/mol. The van der Waals surface area contributed by atoms with Gasteiger partial charge in [0.15, 0.2) is 10.4 Å². The zero-order valence-electron chi connectivity index (χ0n) is 16.1. The van der Waals surface area contributed by atoms with Gasteiger partial charge in [-0.15, -0.1) is 0 Å². The van der Waals surface area contributed by atoms with Gasteiger partial charge < -0.3 is 14.1 Å². The van der Waals surface area contributed by atoms with Crippen molar-refractivity contribution in [1.29, 1.82) is 0 Å². The molecule has 0 N–H and O–H groups in total. The quantitative estimate of drug-likeness (QED) is 0.685. The van der Waals surface area contributed by atoms with Gasteiger partial charge >= 0.3 is 0 Å². The lowest BCUT2D eigenvalue weighted by molar-refractivity contribution is -0.0630. The minimum Gasteiger partial charge on any atom is -0.444 e. The standard InChI is InChI=1S/C22H27BrN2O3/c23-21-7-6-20(28-21)22(26)25-14-10-19(11-15-25)27-18-8-12-24(13-9-18)16-17-4-2-1-3-5-17/h1-7,18-19H,8-16H2. The number of hydrogen-bond donors (Lipinski definition) is 0. The molecule has 0 aliphatic carbocycles. The van der Waals surface area contributed by atoms with Gasteiger partial charge in [0.1, 0.15) is 0 Å². The van der Waals surface area contributed by atoms with Crippen LogP contribution in [0, 0.1) is 0 Å². The van der Waals surface area contributed by atoms with E-state index in [0.717, 1.165) is 58.4 Å². The highest BCUT2D eigenvalue weighted by Gasteiger charge is 2.28. The number of amides is 1. The van der Waals surface area contributed by atoms with Crippen molar-refractivity contribution < 1.29 is 13.9 Å². The van der Waals surface area contributed by atoms with Gasteiger partial charge in [-0.05, 0) is 59.3 Å². The first-order valence-corrected chi connectivity index (χ1v) is 10.9. The van der Waals surface area contributed by atoms with Gasteiger partial charge in [-0.1, -0.05) is 30.3 Å². The average Bonchev–Trinajstić information content (AvgIpc) is 3.17. The third-order valence-corrected chi connectivity index (χ3v) is 6.11. The van der Waals surface area contributed by atoms with Crippen molar-refractivity contribution in [3.8, 4) is 0 Å². The summed E-state index contributed by atoms with van der Waals surface area (Å²) in [5.41, 5.74) is 1.38. The SMILES string of the molecule is O=C(c1ccc(Br)o1)N1CCC(OC2CCN(Cc3ccccc3)CC2)CC1. The Bertz CT molecular complexity index is 763. The number of hydrogen-bond acceptors (Lipinski definition) is 4. The Labute approximate surface area is 174 Å². The van der Waals surface area contributed by atoms with E-state index in [1.54, 1.807) is 12.1 Å². The lowest BCUT2D eigenvalue weighted by Crippen LogP contribution is -2.43. The Morgan fingerprint density at radius 1 is 0.964 bits per heavy atom. The first-order chi connectivity index (χ1) is 13.7. The highest BCUT2D eigenvalue weighted by atomic mass is 79.9. The molecule has 6 heteroatoms. The topological polar surface area (TPSA) is 45.9 Å². The molecule has 150 valence electrons. The van der Waals surface area contributed by atoms with Crippen LogP contribution in [0.5, 0.6) is 0 Å². The second-order valence-electron chi connectivity index (χ2n) is 7.69. The van der Waals surface area contributed by atoms with Crippen LogP contribution in [0.3, 0.4) is 0 Å². The monoisotopic (exact) mass is 446 g/mol. The highest BCUT2D eigenvalue weighted by molar-refractivity contribution is 9.10. The van der Waals surface area contributed by atoms with Crippen LogP contribution in [0.1, 0.15) is 41.8 Å². The van der Waals surface area contributed by atoms with Crippen LogP contribution in [0.15, 0.2) is 51.6 Å². The number of nitrogens with zero attached hydrogens (tertiary/aromatic N) is 2. The Balaban J connectivity index is 1.18. The molecule has 1 amide bonds.